The van der Waals surface area contributed by atoms with Crippen molar-refractivity contribution in [3.05, 3.63) is 39.9 Å². The van der Waals surface area contributed by atoms with Crippen LogP contribution in [-0.4, -0.2) is 17.4 Å². The lowest BCUT2D eigenvalue weighted by atomic mass is 9.99. The van der Waals surface area contributed by atoms with Crippen molar-refractivity contribution in [3.63, 3.8) is 0 Å². The summed E-state index contributed by atoms with van der Waals surface area (Å²) in [7, 11) is 0. The van der Waals surface area contributed by atoms with E-state index in [1.165, 1.54) is 11.3 Å². The minimum atomic E-state index is -0.302. The van der Waals surface area contributed by atoms with Crippen molar-refractivity contribution >= 4 is 50.3 Å². The molecule has 0 aromatic carbocycles. The number of anilines is 2. The molecule has 0 spiro atoms. The van der Waals surface area contributed by atoms with Gasteiger partial charge in [0.1, 0.15) is 27.2 Å². The van der Waals surface area contributed by atoms with Gasteiger partial charge in [0, 0.05) is 17.5 Å². The lowest BCUT2D eigenvalue weighted by Crippen LogP contribution is -2.22. The van der Waals surface area contributed by atoms with Crippen molar-refractivity contribution in [2.45, 2.75) is 0 Å². The molecular formula is C16H13N5OS2. The van der Waals surface area contributed by atoms with E-state index >= 15 is 0 Å². The van der Waals surface area contributed by atoms with E-state index in [-0.39, 0.29) is 17.3 Å². The molecule has 8 heteroatoms. The maximum Gasteiger partial charge on any atom is 0.263 e. The average molecular weight is 355 g/mol. The SMILES string of the molecule is C=CCNC(=O)c1sc2nc(N)c(C#N)c(-c3ccsc3)c2c1N. The molecule has 3 rings (SSSR count). The van der Waals surface area contributed by atoms with Crippen molar-refractivity contribution in [1.82, 2.24) is 10.3 Å². The van der Waals surface area contributed by atoms with Crippen LogP contribution in [0.3, 0.4) is 0 Å². The summed E-state index contributed by atoms with van der Waals surface area (Å²) in [5.74, 6) is -0.172. The molecule has 3 aromatic rings. The van der Waals surface area contributed by atoms with Crippen LogP contribution in [-0.2, 0) is 0 Å². The molecule has 0 saturated heterocycles. The van der Waals surface area contributed by atoms with E-state index in [4.69, 9.17) is 11.5 Å². The van der Waals surface area contributed by atoms with E-state index in [9.17, 15) is 10.1 Å². The van der Waals surface area contributed by atoms with Gasteiger partial charge >= 0.3 is 0 Å². The van der Waals surface area contributed by atoms with Crippen LogP contribution in [0.15, 0.2) is 29.5 Å². The average Bonchev–Trinajstić information content (AvgIpc) is 3.20. The molecule has 3 aromatic heterocycles. The van der Waals surface area contributed by atoms with E-state index in [0.29, 0.717) is 32.9 Å². The molecule has 6 nitrogen and oxygen atoms in total. The number of aromatic nitrogens is 1. The number of nitrogen functional groups attached to an aromatic ring is 2. The van der Waals surface area contributed by atoms with Gasteiger partial charge in [0.25, 0.3) is 5.91 Å². The summed E-state index contributed by atoms with van der Waals surface area (Å²) in [6, 6.07) is 3.98. The monoisotopic (exact) mass is 355 g/mol. The molecule has 120 valence electrons. The first-order valence-electron chi connectivity index (χ1n) is 6.91. The normalized spacial score (nSPS) is 10.5. The van der Waals surface area contributed by atoms with Gasteiger partial charge in [-0.25, -0.2) is 4.98 Å². The van der Waals surface area contributed by atoms with E-state index < -0.39 is 0 Å². The largest absolute Gasteiger partial charge is 0.397 e. The van der Waals surface area contributed by atoms with Gasteiger partial charge in [-0.1, -0.05) is 6.08 Å². The number of hydrogen-bond acceptors (Lipinski definition) is 7. The summed E-state index contributed by atoms with van der Waals surface area (Å²) < 4.78 is 0. The van der Waals surface area contributed by atoms with Crippen LogP contribution < -0.4 is 16.8 Å². The van der Waals surface area contributed by atoms with Crippen LogP contribution in [0.1, 0.15) is 15.2 Å². The number of amides is 1. The van der Waals surface area contributed by atoms with Crippen molar-refractivity contribution in [1.29, 1.82) is 5.26 Å². The van der Waals surface area contributed by atoms with E-state index in [1.807, 2.05) is 16.8 Å². The highest BCUT2D eigenvalue weighted by Crippen LogP contribution is 2.42. The first-order valence-corrected chi connectivity index (χ1v) is 8.67. The molecule has 0 aliphatic rings. The number of nitriles is 1. The number of pyridine rings is 1. The lowest BCUT2D eigenvalue weighted by Gasteiger charge is -2.07. The Morgan fingerprint density at radius 1 is 1.50 bits per heavy atom. The smallest absolute Gasteiger partial charge is 0.263 e. The number of nitrogens with two attached hydrogens (primary N) is 2. The molecule has 0 aliphatic heterocycles. The highest BCUT2D eigenvalue weighted by molar-refractivity contribution is 7.21. The van der Waals surface area contributed by atoms with E-state index in [2.05, 4.69) is 22.9 Å². The van der Waals surface area contributed by atoms with Crippen LogP contribution in [0.2, 0.25) is 0 Å². The molecular weight excluding hydrogens is 342 g/mol. The van der Waals surface area contributed by atoms with Crippen LogP contribution in [0, 0.1) is 11.3 Å². The Balaban J connectivity index is 2.31. The second kappa shape index (κ2) is 6.31. The maximum absolute atomic E-state index is 12.3. The predicted molar refractivity (Wildman–Crippen MR) is 99.0 cm³/mol. The number of fused-ring (bicyclic) bond motifs is 1. The van der Waals surface area contributed by atoms with Crippen molar-refractivity contribution < 1.29 is 4.79 Å². The summed E-state index contributed by atoms with van der Waals surface area (Å²) >= 11 is 2.66. The third kappa shape index (κ3) is 2.50. The first kappa shape index (κ1) is 16.0. The van der Waals surface area contributed by atoms with Gasteiger partial charge in [0.2, 0.25) is 0 Å². The molecule has 0 fully saturated rings. The highest BCUT2D eigenvalue weighted by Gasteiger charge is 2.24. The topological polar surface area (TPSA) is 118 Å². The standard InChI is InChI=1S/C16H13N5OS2/c1-2-4-20-15(22)13-12(18)11-10(8-3-5-23-7-8)9(6-17)14(19)21-16(11)24-13/h2-3,5,7H,1,4,18H2,(H2,19,21)(H,20,22). The molecule has 0 bridgehead atoms. The third-order valence-electron chi connectivity index (χ3n) is 3.44. The number of hydrogen-bond donors (Lipinski definition) is 3. The van der Waals surface area contributed by atoms with Gasteiger partial charge in [0.15, 0.2) is 0 Å². The summed E-state index contributed by atoms with van der Waals surface area (Å²) in [6.07, 6.45) is 1.59. The Morgan fingerprint density at radius 3 is 2.92 bits per heavy atom. The quantitative estimate of drug-likeness (QED) is 0.622. The fourth-order valence-corrected chi connectivity index (χ4v) is 4.07. The molecule has 24 heavy (non-hydrogen) atoms. The van der Waals surface area contributed by atoms with Gasteiger partial charge < -0.3 is 16.8 Å². The molecule has 0 unspecified atom stereocenters. The first-order chi connectivity index (χ1) is 11.6. The van der Waals surface area contributed by atoms with Crippen LogP contribution in [0.4, 0.5) is 11.5 Å². The fourth-order valence-electron chi connectivity index (χ4n) is 2.39. The summed E-state index contributed by atoms with van der Waals surface area (Å²) in [4.78, 5) is 17.4. The van der Waals surface area contributed by atoms with Crippen LogP contribution in [0.5, 0.6) is 0 Å². The summed E-state index contributed by atoms with van der Waals surface area (Å²) in [5.41, 5.74) is 14.2. The zero-order chi connectivity index (χ0) is 17.3. The molecule has 3 heterocycles. The lowest BCUT2D eigenvalue weighted by molar-refractivity contribution is 0.0963. The number of rotatable bonds is 4. The van der Waals surface area contributed by atoms with Crippen LogP contribution in [0.25, 0.3) is 21.3 Å². The Labute approximate surface area is 146 Å². The number of carbonyl (C=O) groups is 1. The second-order valence-electron chi connectivity index (χ2n) is 4.89. The fraction of sp³-hybridized carbons (Fsp3) is 0.0625. The number of nitrogens with one attached hydrogen (secondary N) is 1. The molecule has 0 aliphatic carbocycles. The van der Waals surface area contributed by atoms with Gasteiger partial charge in [0.05, 0.1) is 5.69 Å². The Kier molecular flexibility index (Phi) is 4.20. The van der Waals surface area contributed by atoms with Crippen LogP contribution >= 0.6 is 22.7 Å². The van der Waals surface area contributed by atoms with Gasteiger partial charge in [-0.2, -0.15) is 16.6 Å². The molecule has 1 amide bonds. The third-order valence-corrected chi connectivity index (χ3v) is 5.22. The summed E-state index contributed by atoms with van der Waals surface area (Å²) in [6.45, 7) is 3.90. The molecule has 0 atom stereocenters. The minimum Gasteiger partial charge on any atom is -0.397 e. The van der Waals surface area contributed by atoms with Crippen molar-refractivity contribution in [2.24, 2.45) is 0 Å². The second-order valence-corrected chi connectivity index (χ2v) is 6.67. The van der Waals surface area contributed by atoms with E-state index in [0.717, 1.165) is 16.9 Å². The number of carbonyl (C=O) groups excluding carboxylic acids is 1. The van der Waals surface area contributed by atoms with Gasteiger partial charge in [-0.15, -0.1) is 17.9 Å². The van der Waals surface area contributed by atoms with E-state index in [1.54, 1.807) is 6.08 Å². The zero-order valence-electron chi connectivity index (χ0n) is 12.5. The minimum absolute atomic E-state index is 0.130. The summed E-state index contributed by atoms with van der Waals surface area (Å²) in [5, 5.41) is 16.6. The molecule has 5 N–H and O–H groups in total. The Morgan fingerprint density at radius 2 is 2.29 bits per heavy atom. The van der Waals surface area contributed by atoms with Gasteiger partial charge in [-0.3, -0.25) is 4.79 Å². The van der Waals surface area contributed by atoms with Crippen molar-refractivity contribution in [3.8, 4) is 17.2 Å². The molecule has 0 saturated carbocycles. The van der Waals surface area contributed by atoms with Gasteiger partial charge in [-0.05, 0) is 22.4 Å². The Bertz CT molecular complexity index is 982. The van der Waals surface area contributed by atoms with Crippen molar-refractivity contribution in [2.75, 3.05) is 18.0 Å². The Hall–Kier alpha value is -2.89. The number of nitrogens with zero attached hydrogens (tertiary/aromatic N) is 2. The predicted octanol–water partition coefficient (Wildman–Crippen LogP) is 2.98. The highest BCUT2D eigenvalue weighted by atomic mass is 32.1. The maximum atomic E-state index is 12.3. The number of thiophene rings is 2. The molecule has 0 radical (unpaired) electrons. The zero-order valence-corrected chi connectivity index (χ0v) is 14.1.